The fourth-order valence-electron chi connectivity index (χ4n) is 1.57. The molecule has 4 nitrogen and oxygen atoms in total. The van der Waals surface area contributed by atoms with Crippen LogP contribution in [-0.2, 0) is 11.2 Å². The lowest BCUT2D eigenvalue weighted by molar-refractivity contribution is -0.122. The molecule has 1 unspecified atom stereocenters. The van der Waals surface area contributed by atoms with E-state index in [4.69, 9.17) is 11.6 Å². The molecule has 1 atom stereocenters. The molecular weight excluding hydrogens is 202 g/mol. The molecule has 1 aromatic carbocycles. The normalized spacial score (nSPS) is 12.6. The molecule has 0 radical (unpaired) electrons. The highest BCUT2D eigenvalue weighted by Gasteiger charge is 2.13. The van der Waals surface area contributed by atoms with Crippen molar-refractivity contribution in [2.24, 2.45) is 17.5 Å². The summed E-state index contributed by atoms with van der Waals surface area (Å²) >= 11 is 0. The molecule has 0 spiro atoms. The van der Waals surface area contributed by atoms with Crippen molar-refractivity contribution in [3.63, 3.8) is 0 Å². The van der Waals surface area contributed by atoms with E-state index in [9.17, 15) is 4.79 Å². The van der Waals surface area contributed by atoms with E-state index in [2.05, 4.69) is 13.8 Å². The first kappa shape index (κ1) is 12.7. The lowest BCUT2D eigenvalue weighted by Crippen LogP contribution is -2.38. The third-order valence-electron chi connectivity index (χ3n) is 2.41. The average molecular weight is 221 g/mol. The molecule has 4 heteroatoms. The Balaban J connectivity index is 2.74. The van der Waals surface area contributed by atoms with Crippen LogP contribution in [0.3, 0.4) is 0 Å². The molecule has 0 saturated carbocycles. The Morgan fingerprint density at radius 2 is 1.88 bits per heavy atom. The Labute approximate surface area is 96.0 Å². The number of hydrazine groups is 1. The van der Waals surface area contributed by atoms with Gasteiger partial charge in [-0.15, -0.1) is 0 Å². The molecule has 5 N–H and O–H groups in total. The number of amides is 1. The molecule has 1 aromatic rings. The third-order valence-corrected chi connectivity index (χ3v) is 2.41. The maximum atomic E-state index is 11.2. The summed E-state index contributed by atoms with van der Waals surface area (Å²) in [6.07, 6.45) is 1.03. The van der Waals surface area contributed by atoms with Gasteiger partial charge in [-0.2, -0.15) is 0 Å². The molecule has 16 heavy (non-hydrogen) atoms. The van der Waals surface area contributed by atoms with Crippen LogP contribution in [0.1, 0.15) is 31.0 Å². The summed E-state index contributed by atoms with van der Waals surface area (Å²) < 4.78 is 0. The molecule has 1 rings (SSSR count). The van der Waals surface area contributed by atoms with Crippen LogP contribution in [0.2, 0.25) is 0 Å². The topological polar surface area (TPSA) is 81.1 Å². The van der Waals surface area contributed by atoms with Crippen molar-refractivity contribution >= 4 is 5.91 Å². The molecule has 0 aliphatic carbocycles. The number of hydrogen-bond donors (Lipinski definition) is 3. The number of nitrogens with one attached hydrogen (secondary N) is 1. The lowest BCUT2D eigenvalue weighted by Gasteiger charge is -2.11. The van der Waals surface area contributed by atoms with Crippen LogP contribution in [0.5, 0.6) is 0 Å². The molecule has 0 bridgehead atoms. The number of nitrogens with two attached hydrogens (primary N) is 2. The first-order valence-corrected chi connectivity index (χ1v) is 5.39. The molecular formula is C12H19N3O. The molecule has 1 amide bonds. The van der Waals surface area contributed by atoms with E-state index in [0.717, 1.165) is 12.0 Å². The smallest absolute Gasteiger partial charge is 0.255 e. The molecule has 0 aliphatic rings. The summed E-state index contributed by atoms with van der Waals surface area (Å²) in [5.74, 6) is 5.27. The summed E-state index contributed by atoms with van der Waals surface area (Å²) in [5, 5.41) is 0. The number of carbonyl (C=O) groups is 1. The zero-order valence-electron chi connectivity index (χ0n) is 9.73. The average Bonchev–Trinajstić information content (AvgIpc) is 2.27. The first-order valence-electron chi connectivity index (χ1n) is 5.39. The zero-order chi connectivity index (χ0) is 12.1. The second-order valence-corrected chi connectivity index (χ2v) is 4.33. The van der Waals surface area contributed by atoms with Gasteiger partial charge < -0.3 is 5.73 Å². The maximum Gasteiger partial charge on any atom is 0.255 e. The second kappa shape index (κ2) is 5.63. The van der Waals surface area contributed by atoms with Crippen molar-refractivity contribution in [3.05, 3.63) is 35.4 Å². The van der Waals surface area contributed by atoms with E-state index in [1.807, 2.05) is 29.7 Å². The van der Waals surface area contributed by atoms with Crippen LogP contribution in [0.25, 0.3) is 0 Å². The summed E-state index contributed by atoms with van der Waals surface area (Å²) in [4.78, 5) is 11.2. The minimum atomic E-state index is -0.696. The Bertz CT molecular complexity index is 346. The van der Waals surface area contributed by atoms with Gasteiger partial charge in [-0.25, -0.2) is 5.84 Å². The molecule has 0 aromatic heterocycles. The molecule has 0 fully saturated rings. The van der Waals surface area contributed by atoms with E-state index in [1.165, 1.54) is 5.56 Å². The SMILES string of the molecule is CC(C)Cc1ccc(C(N)C(=O)NN)cc1. The van der Waals surface area contributed by atoms with Gasteiger partial charge in [0.25, 0.3) is 5.91 Å². The number of carbonyl (C=O) groups excluding carboxylic acids is 1. The van der Waals surface area contributed by atoms with Gasteiger partial charge in [-0.1, -0.05) is 38.1 Å². The highest BCUT2D eigenvalue weighted by molar-refractivity contribution is 5.82. The fourth-order valence-corrected chi connectivity index (χ4v) is 1.57. The maximum absolute atomic E-state index is 11.2. The van der Waals surface area contributed by atoms with Crippen LogP contribution in [-0.4, -0.2) is 5.91 Å². The van der Waals surface area contributed by atoms with Crippen LogP contribution < -0.4 is 17.0 Å². The summed E-state index contributed by atoms with van der Waals surface area (Å²) in [6, 6.07) is 7.05. The van der Waals surface area contributed by atoms with E-state index in [-0.39, 0.29) is 5.91 Å². The van der Waals surface area contributed by atoms with Gasteiger partial charge in [0.05, 0.1) is 0 Å². The van der Waals surface area contributed by atoms with Crippen LogP contribution in [0.15, 0.2) is 24.3 Å². The molecule has 0 heterocycles. The molecule has 0 saturated heterocycles. The van der Waals surface area contributed by atoms with Gasteiger partial charge in [-0.05, 0) is 23.5 Å². The number of hydrogen-bond acceptors (Lipinski definition) is 3. The van der Waals surface area contributed by atoms with Crippen molar-refractivity contribution in [1.29, 1.82) is 0 Å². The second-order valence-electron chi connectivity index (χ2n) is 4.33. The van der Waals surface area contributed by atoms with E-state index < -0.39 is 6.04 Å². The van der Waals surface area contributed by atoms with Crippen LogP contribution in [0, 0.1) is 5.92 Å². The fraction of sp³-hybridized carbons (Fsp3) is 0.417. The minimum Gasteiger partial charge on any atom is -0.316 e. The van der Waals surface area contributed by atoms with Crippen LogP contribution in [0.4, 0.5) is 0 Å². The zero-order valence-corrected chi connectivity index (χ0v) is 9.73. The van der Waals surface area contributed by atoms with E-state index >= 15 is 0 Å². The monoisotopic (exact) mass is 221 g/mol. The quantitative estimate of drug-likeness (QED) is 0.401. The number of rotatable bonds is 4. The lowest BCUT2D eigenvalue weighted by atomic mass is 9.99. The highest BCUT2D eigenvalue weighted by Crippen LogP contribution is 2.14. The Kier molecular flexibility index (Phi) is 4.46. The summed E-state index contributed by atoms with van der Waals surface area (Å²) in [7, 11) is 0. The molecule has 88 valence electrons. The predicted molar refractivity (Wildman–Crippen MR) is 64.2 cm³/mol. The van der Waals surface area contributed by atoms with Gasteiger partial charge in [0.15, 0.2) is 0 Å². The highest BCUT2D eigenvalue weighted by atomic mass is 16.2. The first-order chi connectivity index (χ1) is 7.54. The Morgan fingerprint density at radius 3 is 2.31 bits per heavy atom. The number of benzene rings is 1. The van der Waals surface area contributed by atoms with Gasteiger partial charge in [0.1, 0.15) is 6.04 Å². The summed E-state index contributed by atoms with van der Waals surface area (Å²) in [5.41, 5.74) is 9.78. The van der Waals surface area contributed by atoms with Crippen molar-refractivity contribution < 1.29 is 4.79 Å². The molecule has 0 aliphatic heterocycles. The van der Waals surface area contributed by atoms with Gasteiger partial charge in [0, 0.05) is 0 Å². The van der Waals surface area contributed by atoms with Crippen molar-refractivity contribution in [1.82, 2.24) is 5.43 Å². The minimum absolute atomic E-state index is 0.378. The Hall–Kier alpha value is -1.39. The van der Waals surface area contributed by atoms with Crippen molar-refractivity contribution in [2.45, 2.75) is 26.3 Å². The summed E-state index contributed by atoms with van der Waals surface area (Å²) in [6.45, 7) is 4.34. The predicted octanol–water partition coefficient (Wildman–Crippen LogP) is 0.875. The van der Waals surface area contributed by atoms with E-state index in [0.29, 0.717) is 5.92 Å². The van der Waals surface area contributed by atoms with Crippen molar-refractivity contribution in [2.75, 3.05) is 0 Å². The van der Waals surface area contributed by atoms with Gasteiger partial charge in [0.2, 0.25) is 0 Å². The van der Waals surface area contributed by atoms with E-state index in [1.54, 1.807) is 0 Å². The largest absolute Gasteiger partial charge is 0.316 e. The third kappa shape index (κ3) is 3.32. The van der Waals surface area contributed by atoms with Gasteiger partial charge >= 0.3 is 0 Å². The van der Waals surface area contributed by atoms with Gasteiger partial charge in [-0.3, -0.25) is 10.2 Å². The standard InChI is InChI=1S/C12H19N3O/c1-8(2)7-9-3-5-10(6-4-9)11(13)12(16)15-14/h3-6,8,11H,7,13-14H2,1-2H3,(H,15,16). The Morgan fingerprint density at radius 1 is 1.31 bits per heavy atom. The van der Waals surface area contributed by atoms with Crippen molar-refractivity contribution in [3.8, 4) is 0 Å². The van der Waals surface area contributed by atoms with Crippen LogP contribution >= 0.6 is 0 Å².